The van der Waals surface area contributed by atoms with Crippen LogP contribution in [0.3, 0.4) is 0 Å². The highest BCUT2D eigenvalue weighted by molar-refractivity contribution is 7.09. The van der Waals surface area contributed by atoms with E-state index in [2.05, 4.69) is 19.2 Å². The zero-order chi connectivity index (χ0) is 13.9. The summed E-state index contributed by atoms with van der Waals surface area (Å²) in [6.07, 6.45) is 3.31. The maximum Gasteiger partial charge on any atom is 0.0897 e. The van der Waals surface area contributed by atoms with Gasteiger partial charge in [-0.05, 0) is 30.3 Å². The van der Waals surface area contributed by atoms with Crippen molar-refractivity contribution in [2.75, 3.05) is 19.7 Å². The first-order valence-corrected chi connectivity index (χ1v) is 8.05. The van der Waals surface area contributed by atoms with Gasteiger partial charge in [0.05, 0.1) is 19.3 Å². The van der Waals surface area contributed by atoms with Gasteiger partial charge in [0, 0.05) is 11.4 Å². The Labute approximate surface area is 121 Å². The first-order valence-electron chi connectivity index (χ1n) is 7.17. The molecule has 1 heterocycles. The molecule has 0 aliphatic carbocycles. The minimum atomic E-state index is -0.412. The van der Waals surface area contributed by atoms with Crippen molar-refractivity contribution in [2.45, 2.75) is 45.8 Å². The second kappa shape index (κ2) is 10.4. The van der Waals surface area contributed by atoms with Crippen molar-refractivity contribution in [1.29, 1.82) is 0 Å². The number of hydrogen-bond acceptors (Lipinski definition) is 4. The highest BCUT2D eigenvalue weighted by Gasteiger charge is 2.04. The van der Waals surface area contributed by atoms with Crippen molar-refractivity contribution in [3.8, 4) is 0 Å². The van der Waals surface area contributed by atoms with E-state index in [9.17, 15) is 5.11 Å². The van der Waals surface area contributed by atoms with Gasteiger partial charge < -0.3 is 15.2 Å². The molecule has 0 aromatic carbocycles. The van der Waals surface area contributed by atoms with Crippen LogP contribution in [0.25, 0.3) is 0 Å². The number of ether oxygens (including phenoxy) is 1. The Kier molecular flexibility index (Phi) is 9.08. The Bertz CT molecular complexity index is 301. The van der Waals surface area contributed by atoms with Crippen LogP contribution in [0.5, 0.6) is 0 Å². The van der Waals surface area contributed by atoms with Gasteiger partial charge in [-0.15, -0.1) is 11.3 Å². The summed E-state index contributed by atoms with van der Waals surface area (Å²) in [7, 11) is 0. The molecule has 0 amide bonds. The van der Waals surface area contributed by atoms with Crippen LogP contribution >= 0.6 is 11.3 Å². The summed E-state index contributed by atoms with van der Waals surface area (Å²) in [6.45, 7) is 7.10. The molecule has 1 atom stereocenters. The molecule has 2 N–H and O–H groups in total. The van der Waals surface area contributed by atoms with Crippen molar-refractivity contribution in [2.24, 2.45) is 5.92 Å². The second-order valence-corrected chi connectivity index (χ2v) is 6.37. The second-order valence-electron chi connectivity index (χ2n) is 5.34. The summed E-state index contributed by atoms with van der Waals surface area (Å²) < 4.78 is 5.47. The van der Waals surface area contributed by atoms with Gasteiger partial charge in [0.2, 0.25) is 0 Å². The lowest BCUT2D eigenvalue weighted by Gasteiger charge is -2.12. The smallest absolute Gasteiger partial charge is 0.0897 e. The molecule has 0 saturated heterocycles. The lowest BCUT2D eigenvalue weighted by molar-refractivity contribution is 0.0299. The lowest BCUT2D eigenvalue weighted by Crippen LogP contribution is -2.31. The van der Waals surface area contributed by atoms with Crippen LogP contribution < -0.4 is 5.32 Å². The van der Waals surface area contributed by atoms with Gasteiger partial charge in [-0.25, -0.2) is 0 Å². The van der Waals surface area contributed by atoms with Gasteiger partial charge in [0.25, 0.3) is 0 Å². The summed E-state index contributed by atoms with van der Waals surface area (Å²) in [5, 5.41) is 15.0. The molecular weight excluding hydrogens is 258 g/mol. The van der Waals surface area contributed by atoms with Crippen LogP contribution in [0.1, 0.15) is 38.0 Å². The predicted molar refractivity (Wildman–Crippen MR) is 81.5 cm³/mol. The third-order valence-electron chi connectivity index (χ3n) is 2.90. The average molecular weight is 285 g/mol. The van der Waals surface area contributed by atoms with Gasteiger partial charge in [-0.1, -0.05) is 32.8 Å². The number of nitrogens with one attached hydrogen (secondary N) is 1. The van der Waals surface area contributed by atoms with Crippen molar-refractivity contribution in [1.82, 2.24) is 5.32 Å². The zero-order valence-electron chi connectivity index (χ0n) is 12.1. The molecule has 3 nitrogen and oxygen atoms in total. The minimum Gasteiger partial charge on any atom is -0.389 e. The number of aliphatic hydroxyl groups is 1. The Morgan fingerprint density at radius 2 is 2.21 bits per heavy atom. The van der Waals surface area contributed by atoms with E-state index in [-0.39, 0.29) is 0 Å². The Balaban J connectivity index is 1.89. The third kappa shape index (κ3) is 9.16. The molecule has 0 aliphatic rings. The topological polar surface area (TPSA) is 41.5 Å². The number of aliphatic hydroxyl groups excluding tert-OH is 1. The number of rotatable bonds is 11. The number of thiophene rings is 1. The average Bonchev–Trinajstić information content (AvgIpc) is 2.86. The maximum atomic E-state index is 9.74. The van der Waals surface area contributed by atoms with Crippen molar-refractivity contribution in [3.63, 3.8) is 0 Å². The third-order valence-corrected chi connectivity index (χ3v) is 3.75. The van der Waals surface area contributed by atoms with Crippen molar-refractivity contribution < 1.29 is 9.84 Å². The molecule has 1 aromatic rings. The summed E-state index contributed by atoms with van der Waals surface area (Å²) in [4.78, 5) is 1.20. The zero-order valence-corrected chi connectivity index (χ0v) is 12.9. The summed E-state index contributed by atoms with van der Waals surface area (Å²) in [6, 6.07) is 4.06. The van der Waals surface area contributed by atoms with E-state index in [4.69, 9.17) is 4.74 Å². The fourth-order valence-electron chi connectivity index (χ4n) is 1.82. The predicted octanol–water partition coefficient (Wildman–Crippen LogP) is 3.04. The Morgan fingerprint density at radius 3 is 2.89 bits per heavy atom. The van der Waals surface area contributed by atoms with E-state index >= 15 is 0 Å². The van der Waals surface area contributed by atoms with Crippen LogP contribution in [-0.2, 0) is 11.3 Å². The summed E-state index contributed by atoms with van der Waals surface area (Å²) >= 11 is 1.68. The largest absolute Gasteiger partial charge is 0.389 e. The lowest BCUT2D eigenvalue weighted by atomic mass is 10.1. The number of hydrogen-bond donors (Lipinski definition) is 2. The minimum absolute atomic E-state index is 0.400. The molecule has 0 fully saturated rings. The van der Waals surface area contributed by atoms with Gasteiger partial charge in [0.15, 0.2) is 0 Å². The first kappa shape index (κ1) is 16.6. The highest BCUT2D eigenvalue weighted by Crippen LogP contribution is 2.09. The van der Waals surface area contributed by atoms with Crippen LogP contribution in [0, 0.1) is 5.92 Å². The molecule has 0 bridgehead atoms. The Morgan fingerprint density at radius 1 is 1.37 bits per heavy atom. The van der Waals surface area contributed by atoms with E-state index in [0.717, 1.165) is 12.5 Å². The van der Waals surface area contributed by atoms with Crippen LogP contribution in [0.4, 0.5) is 0 Å². The van der Waals surface area contributed by atoms with Crippen LogP contribution in [-0.4, -0.2) is 30.9 Å². The molecule has 1 unspecified atom stereocenters. The molecule has 4 heteroatoms. The molecule has 110 valence electrons. The summed E-state index contributed by atoms with van der Waals surface area (Å²) in [5.41, 5.74) is 0. The van der Waals surface area contributed by atoms with Crippen molar-refractivity contribution in [3.05, 3.63) is 22.4 Å². The molecule has 0 saturated carbocycles. The van der Waals surface area contributed by atoms with Gasteiger partial charge in [-0.2, -0.15) is 0 Å². The molecule has 0 spiro atoms. The summed E-state index contributed by atoms with van der Waals surface area (Å²) in [5.74, 6) is 0.788. The standard InChI is InChI=1S/C15H27NO2S/c1-13(2)6-3-4-8-16-10-14(17)11-18-12-15-7-5-9-19-15/h5,7,9,13-14,16-17H,3-4,6,8,10-12H2,1-2H3. The van der Waals surface area contributed by atoms with E-state index < -0.39 is 6.10 Å². The van der Waals surface area contributed by atoms with E-state index in [1.165, 1.54) is 24.1 Å². The van der Waals surface area contributed by atoms with E-state index in [1.807, 2.05) is 17.5 Å². The molecular formula is C15H27NO2S. The fraction of sp³-hybridized carbons (Fsp3) is 0.733. The fourth-order valence-corrected chi connectivity index (χ4v) is 2.46. The van der Waals surface area contributed by atoms with Crippen LogP contribution in [0.15, 0.2) is 17.5 Å². The van der Waals surface area contributed by atoms with E-state index in [0.29, 0.717) is 19.8 Å². The molecule has 0 aliphatic heterocycles. The highest BCUT2D eigenvalue weighted by atomic mass is 32.1. The normalized spacial score (nSPS) is 13.1. The van der Waals surface area contributed by atoms with Crippen molar-refractivity contribution >= 4 is 11.3 Å². The van der Waals surface area contributed by atoms with Crippen LogP contribution in [0.2, 0.25) is 0 Å². The molecule has 1 aromatic heterocycles. The van der Waals surface area contributed by atoms with Gasteiger partial charge >= 0.3 is 0 Å². The number of unbranched alkanes of at least 4 members (excludes halogenated alkanes) is 1. The first-order chi connectivity index (χ1) is 9.18. The quantitative estimate of drug-likeness (QED) is 0.614. The SMILES string of the molecule is CC(C)CCCCNCC(O)COCc1cccs1. The van der Waals surface area contributed by atoms with Gasteiger partial charge in [-0.3, -0.25) is 0 Å². The molecule has 0 radical (unpaired) electrons. The monoisotopic (exact) mass is 285 g/mol. The Hall–Kier alpha value is -0.420. The van der Waals surface area contributed by atoms with E-state index in [1.54, 1.807) is 11.3 Å². The van der Waals surface area contributed by atoms with Gasteiger partial charge in [0.1, 0.15) is 0 Å². The maximum absolute atomic E-state index is 9.74. The molecule has 19 heavy (non-hydrogen) atoms. The molecule has 1 rings (SSSR count).